The molecule has 0 unspecified atom stereocenters. The van der Waals surface area contributed by atoms with Gasteiger partial charge in [0.15, 0.2) is 0 Å². The number of nitrogens with one attached hydrogen (secondary N) is 2. The number of carbonyl (C=O) groups excluding carboxylic acids is 2. The Morgan fingerprint density at radius 1 is 1.00 bits per heavy atom. The number of benzene rings is 2. The SMILES string of the molecule is Cc1cccc(COc2ccc(CNC(=O)CCNC(=O)c3ccsc3)cc2)c1. The zero-order valence-corrected chi connectivity index (χ0v) is 17.1. The summed E-state index contributed by atoms with van der Waals surface area (Å²) in [6, 6.07) is 17.7. The molecular weight excluding hydrogens is 384 g/mol. The number of carbonyl (C=O) groups is 2. The molecule has 2 aromatic carbocycles. The molecule has 0 aliphatic heterocycles. The molecule has 0 fully saturated rings. The second-order valence-electron chi connectivity index (χ2n) is 6.72. The molecule has 1 aromatic heterocycles. The monoisotopic (exact) mass is 408 g/mol. The van der Waals surface area contributed by atoms with Crippen molar-refractivity contribution in [2.24, 2.45) is 0 Å². The summed E-state index contributed by atoms with van der Waals surface area (Å²) in [7, 11) is 0. The molecule has 0 bridgehead atoms. The summed E-state index contributed by atoms with van der Waals surface area (Å²) < 4.78 is 5.81. The van der Waals surface area contributed by atoms with Crippen molar-refractivity contribution in [3.63, 3.8) is 0 Å². The molecule has 3 aromatic rings. The summed E-state index contributed by atoms with van der Waals surface area (Å²) >= 11 is 1.47. The summed E-state index contributed by atoms with van der Waals surface area (Å²) in [4.78, 5) is 23.8. The van der Waals surface area contributed by atoms with E-state index in [0.29, 0.717) is 25.3 Å². The Labute approximate surface area is 174 Å². The number of ether oxygens (including phenoxy) is 1. The van der Waals surface area contributed by atoms with Gasteiger partial charge in [0.25, 0.3) is 5.91 Å². The fourth-order valence-corrected chi connectivity index (χ4v) is 3.38. The quantitative estimate of drug-likeness (QED) is 0.561. The van der Waals surface area contributed by atoms with Gasteiger partial charge in [-0.1, -0.05) is 42.0 Å². The topological polar surface area (TPSA) is 67.4 Å². The molecule has 0 spiro atoms. The van der Waals surface area contributed by atoms with Gasteiger partial charge in [-0.25, -0.2) is 0 Å². The van der Waals surface area contributed by atoms with E-state index in [1.807, 2.05) is 41.8 Å². The molecule has 0 aliphatic carbocycles. The zero-order valence-electron chi connectivity index (χ0n) is 16.3. The van der Waals surface area contributed by atoms with Crippen LogP contribution in [0.15, 0.2) is 65.4 Å². The van der Waals surface area contributed by atoms with E-state index in [1.165, 1.54) is 16.9 Å². The van der Waals surface area contributed by atoms with Crippen LogP contribution in [-0.2, 0) is 17.9 Å². The highest BCUT2D eigenvalue weighted by atomic mass is 32.1. The van der Waals surface area contributed by atoms with Crippen LogP contribution in [0.25, 0.3) is 0 Å². The van der Waals surface area contributed by atoms with Crippen LogP contribution in [0.2, 0.25) is 0 Å². The van der Waals surface area contributed by atoms with Gasteiger partial charge in [0, 0.05) is 30.5 Å². The molecular formula is C23H24N2O3S. The highest BCUT2D eigenvalue weighted by molar-refractivity contribution is 7.08. The molecule has 150 valence electrons. The molecule has 0 saturated heterocycles. The van der Waals surface area contributed by atoms with E-state index in [0.717, 1.165) is 16.9 Å². The number of thiophene rings is 1. The summed E-state index contributed by atoms with van der Waals surface area (Å²) in [5.41, 5.74) is 3.96. The Balaban J connectivity index is 1.36. The van der Waals surface area contributed by atoms with Gasteiger partial charge in [0.2, 0.25) is 5.91 Å². The molecule has 5 nitrogen and oxygen atoms in total. The molecule has 2 N–H and O–H groups in total. The summed E-state index contributed by atoms with van der Waals surface area (Å²) in [6.45, 7) is 3.33. The molecule has 0 aliphatic rings. The highest BCUT2D eigenvalue weighted by Gasteiger charge is 2.07. The molecule has 0 saturated carbocycles. The minimum Gasteiger partial charge on any atom is -0.489 e. The first-order valence-electron chi connectivity index (χ1n) is 9.44. The second-order valence-corrected chi connectivity index (χ2v) is 7.50. The Morgan fingerprint density at radius 2 is 1.83 bits per heavy atom. The number of aryl methyl sites for hydroxylation is 1. The molecule has 29 heavy (non-hydrogen) atoms. The van der Waals surface area contributed by atoms with Crippen molar-refractivity contribution in [2.75, 3.05) is 6.54 Å². The van der Waals surface area contributed by atoms with Gasteiger partial charge in [0.1, 0.15) is 12.4 Å². The standard InChI is InChI=1S/C23H24N2O3S/c1-17-3-2-4-19(13-17)15-28-21-7-5-18(6-8-21)14-25-22(26)9-11-24-23(27)20-10-12-29-16-20/h2-8,10,12-13,16H,9,11,14-15H2,1H3,(H,24,27)(H,25,26). The maximum Gasteiger partial charge on any atom is 0.252 e. The molecule has 1 heterocycles. The van der Waals surface area contributed by atoms with Crippen molar-refractivity contribution in [3.05, 3.63) is 87.6 Å². The smallest absolute Gasteiger partial charge is 0.252 e. The summed E-state index contributed by atoms with van der Waals surface area (Å²) in [6.07, 6.45) is 0.244. The summed E-state index contributed by atoms with van der Waals surface area (Å²) in [5, 5.41) is 9.23. The van der Waals surface area contributed by atoms with E-state index in [-0.39, 0.29) is 18.2 Å². The first-order chi connectivity index (χ1) is 14.1. The van der Waals surface area contributed by atoms with E-state index in [9.17, 15) is 9.59 Å². The zero-order chi connectivity index (χ0) is 20.5. The van der Waals surface area contributed by atoms with Crippen LogP contribution in [0.3, 0.4) is 0 Å². The van der Waals surface area contributed by atoms with Crippen LogP contribution in [0.4, 0.5) is 0 Å². The van der Waals surface area contributed by atoms with Gasteiger partial charge >= 0.3 is 0 Å². The third-order valence-electron chi connectivity index (χ3n) is 4.32. The van der Waals surface area contributed by atoms with Gasteiger partial charge in [-0.2, -0.15) is 11.3 Å². The van der Waals surface area contributed by atoms with Crippen LogP contribution in [0.1, 0.15) is 33.5 Å². The van der Waals surface area contributed by atoms with E-state index in [2.05, 4.69) is 29.7 Å². The van der Waals surface area contributed by atoms with Crippen LogP contribution in [-0.4, -0.2) is 18.4 Å². The Hall–Kier alpha value is -3.12. The Kier molecular flexibility index (Phi) is 7.41. The average molecular weight is 409 g/mol. The number of hydrogen-bond donors (Lipinski definition) is 2. The summed E-state index contributed by atoms with van der Waals surface area (Å²) in [5.74, 6) is 0.536. The van der Waals surface area contributed by atoms with Crippen molar-refractivity contribution in [3.8, 4) is 5.75 Å². The van der Waals surface area contributed by atoms with E-state index >= 15 is 0 Å². The van der Waals surface area contributed by atoms with Gasteiger partial charge in [0.05, 0.1) is 0 Å². The van der Waals surface area contributed by atoms with Gasteiger partial charge in [-0.15, -0.1) is 0 Å². The average Bonchev–Trinajstić information content (AvgIpc) is 3.26. The van der Waals surface area contributed by atoms with E-state index < -0.39 is 0 Å². The third kappa shape index (κ3) is 6.76. The third-order valence-corrected chi connectivity index (χ3v) is 5.01. The van der Waals surface area contributed by atoms with E-state index in [1.54, 1.807) is 11.4 Å². The van der Waals surface area contributed by atoms with Crippen LogP contribution in [0, 0.1) is 6.92 Å². The molecule has 3 rings (SSSR count). The van der Waals surface area contributed by atoms with Gasteiger partial charge in [-0.3, -0.25) is 9.59 Å². The van der Waals surface area contributed by atoms with Crippen molar-refractivity contribution in [1.29, 1.82) is 0 Å². The lowest BCUT2D eigenvalue weighted by Crippen LogP contribution is -2.30. The predicted octanol–water partition coefficient (Wildman–Crippen LogP) is 4.07. The number of rotatable bonds is 9. The fraction of sp³-hybridized carbons (Fsp3) is 0.217. The van der Waals surface area contributed by atoms with Crippen LogP contribution < -0.4 is 15.4 Å². The van der Waals surface area contributed by atoms with Gasteiger partial charge < -0.3 is 15.4 Å². The first-order valence-corrected chi connectivity index (χ1v) is 10.4. The highest BCUT2D eigenvalue weighted by Crippen LogP contribution is 2.15. The van der Waals surface area contributed by atoms with Crippen LogP contribution in [0.5, 0.6) is 5.75 Å². The lowest BCUT2D eigenvalue weighted by molar-refractivity contribution is -0.121. The predicted molar refractivity (Wildman–Crippen MR) is 115 cm³/mol. The van der Waals surface area contributed by atoms with E-state index in [4.69, 9.17) is 4.74 Å². The Bertz CT molecular complexity index is 937. The van der Waals surface area contributed by atoms with Crippen molar-refractivity contribution >= 4 is 23.2 Å². The fourth-order valence-electron chi connectivity index (χ4n) is 2.75. The normalized spacial score (nSPS) is 10.4. The minimum absolute atomic E-state index is 0.101. The number of hydrogen-bond acceptors (Lipinski definition) is 4. The molecule has 2 amide bonds. The lowest BCUT2D eigenvalue weighted by Gasteiger charge is -2.09. The van der Waals surface area contributed by atoms with Crippen molar-refractivity contribution in [2.45, 2.75) is 26.5 Å². The van der Waals surface area contributed by atoms with Crippen LogP contribution >= 0.6 is 11.3 Å². The van der Waals surface area contributed by atoms with Gasteiger partial charge in [-0.05, 0) is 41.6 Å². The first kappa shape index (κ1) is 20.6. The van der Waals surface area contributed by atoms with Crippen molar-refractivity contribution in [1.82, 2.24) is 10.6 Å². The largest absolute Gasteiger partial charge is 0.489 e. The molecule has 0 atom stereocenters. The maximum atomic E-state index is 12.0. The Morgan fingerprint density at radius 3 is 2.55 bits per heavy atom. The van der Waals surface area contributed by atoms with Crippen molar-refractivity contribution < 1.29 is 14.3 Å². The number of amides is 2. The lowest BCUT2D eigenvalue weighted by atomic mass is 10.1. The second kappa shape index (κ2) is 10.4. The maximum absolute atomic E-state index is 12.0. The molecule has 6 heteroatoms. The minimum atomic E-state index is -0.152. The molecule has 0 radical (unpaired) electrons.